The van der Waals surface area contributed by atoms with Crippen LogP contribution in [0, 0.1) is 0 Å². The first-order valence-corrected chi connectivity index (χ1v) is 8.77. The molecule has 0 bridgehead atoms. The third-order valence-electron chi connectivity index (χ3n) is 4.53. The monoisotopic (exact) mass is 348 g/mol. The number of para-hydroxylation sites is 1. The Morgan fingerprint density at radius 2 is 2.00 bits per heavy atom. The van der Waals surface area contributed by atoms with Crippen LogP contribution in [0.1, 0.15) is 29.2 Å². The highest BCUT2D eigenvalue weighted by molar-refractivity contribution is 5.94. The van der Waals surface area contributed by atoms with Crippen molar-refractivity contribution in [1.29, 1.82) is 0 Å². The number of likely N-dealkylation sites (tertiary alicyclic amines) is 1. The van der Waals surface area contributed by atoms with Gasteiger partial charge in [-0.1, -0.05) is 18.2 Å². The van der Waals surface area contributed by atoms with Crippen LogP contribution in [0.4, 0.5) is 0 Å². The zero-order valence-electron chi connectivity index (χ0n) is 14.4. The van der Waals surface area contributed by atoms with Crippen LogP contribution in [0.3, 0.4) is 0 Å². The maximum Gasteiger partial charge on any atom is 0.254 e. The molecule has 6 heteroatoms. The van der Waals surface area contributed by atoms with Crippen LogP contribution in [0.5, 0.6) is 11.6 Å². The largest absolute Gasteiger partial charge is 0.439 e. The average molecular weight is 348 g/mol. The van der Waals surface area contributed by atoms with Gasteiger partial charge in [-0.05, 0) is 37.1 Å². The van der Waals surface area contributed by atoms with E-state index in [2.05, 4.69) is 10.1 Å². The van der Waals surface area contributed by atoms with Gasteiger partial charge in [-0.2, -0.15) is 5.10 Å². The molecule has 1 amide bonds. The summed E-state index contributed by atoms with van der Waals surface area (Å²) in [4.78, 5) is 19.0. The van der Waals surface area contributed by atoms with Crippen molar-refractivity contribution in [1.82, 2.24) is 19.7 Å². The standard InChI is InChI=1S/C20H20N4O2/c25-20(23-12-4-6-17(15-23)24-13-5-10-22-24)16-9-11-21-19(14-16)26-18-7-2-1-3-8-18/h1-3,5,7-11,13-14,17H,4,6,12,15H2/t17-/m1/s1. The number of carbonyl (C=O) groups excluding carboxylic acids is 1. The average Bonchev–Trinajstić information content (AvgIpc) is 3.23. The van der Waals surface area contributed by atoms with E-state index in [0.29, 0.717) is 23.7 Å². The number of carbonyl (C=O) groups is 1. The lowest BCUT2D eigenvalue weighted by molar-refractivity contribution is 0.0672. The van der Waals surface area contributed by atoms with Crippen LogP contribution < -0.4 is 4.74 Å². The molecule has 132 valence electrons. The predicted molar refractivity (Wildman–Crippen MR) is 97.2 cm³/mol. The van der Waals surface area contributed by atoms with E-state index in [1.165, 1.54) is 0 Å². The Hall–Kier alpha value is -3.15. The molecule has 1 aliphatic rings. The zero-order valence-corrected chi connectivity index (χ0v) is 14.4. The normalized spacial score (nSPS) is 17.1. The lowest BCUT2D eigenvalue weighted by Gasteiger charge is -2.33. The van der Waals surface area contributed by atoms with E-state index >= 15 is 0 Å². The smallest absolute Gasteiger partial charge is 0.254 e. The molecule has 1 saturated heterocycles. The fourth-order valence-electron chi connectivity index (χ4n) is 3.24. The summed E-state index contributed by atoms with van der Waals surface area (Å²) in [7, 11) is 0. The molecule has 6 nitrogen and oxygen atoms in total. The highest BCUT2D eigenvalue weighted by Crippen LogP contribution is 2.24. The first kappa shape index (κ1) is 16.3. The molecule has 0 aliphatic carbocycles. The lowest BCUT2D eigenvalue weighted by atomic mass is 10.0. The Morgan fingerprint density at radius 1 is 1.12 bits per heavy atom. The number of benzene rings is 1. The van der Waals surface area contributed by atoms with Crippen LogP contribution in [0.2, 0.25) is 0 Å². The van der Waals surface area contributed by atoms with Crippen LogP contribution >= 0.6 is 0 Å². The number of piperidine rings is 1. The third kappa shape index (κ3) is 3.59. The van der Waals surface area contributed by atoms with Gasteiger partial charge in [0.15, 0.2) is 0 Å². The van der Waals surface area contributed by atoms with Gasteiger partial charge in [0.2, 0.25) is 5.88 Å². The molecule has 1 fully saturated rings. The van der Waals surface area contributed by atoms with Crippen molar-refractivity contribution in [3.8, 4) is 11.6 Å². The second-order valence-electron chi connectivity index (χ2n) is 6.33. The molecule has 0 radical (unpaired) electrons. The molecule has 0 spiro atoms. The minimum Gasteiger partial charge on any atom is -0.439 e. The number of aromatic nitrogens is 3. The zero-order chi connectivity index (χ0) is 17.8. The number of rotatable bonds is 4. The lowest BCUT2D eigenvalue weighted by Crippen LogP contribution is -2.40. The molecular formula is C20H20N4O2. The first-order valence-electron chi connectivity index (χ1n) is 8.77. The highest BCUT2D eigenvalue weighted by Gasteiger charge is 2.26. The molecule has 1 atom stereocenters. The van der Waals surface area contributed by atoms with E-state index in [1.54, 1.807) is 24.5 Å². The molecule has 0 saturated carbocycles. The Bertz CT molecular complexity index is 865. The van der Waals surface area contributed by atoms with Crippen molar-refractivity contribution in [2.45, 2.75) is 18.9 Å². The highest BCUT2D eigenvalue weighted by atomic mass is 16.5. The van der Waals surface area contributed by atoms with E-state index in [-0.39, 0.29) is 11.9 Å². The van der Waals surface area contributed by atoms with Crippen molar-refractivity contribution in [3.05, 3.63) is 72.7 Å². The molecule has 0 N–H and O–H groups in total. The fraction of sp³-hybridized carbons (Fsp3) is 0.250. The third-order valence-corrected chi connectivity index (χ3v) is 4.53. The van der Waals surface area contributed by atoms with Gasteiger partial charge < -0.3 is 9.64 Å². The van der Waals surface area contributed by atoms with Crippen LogP contribution in [-0.2, 0) is 0 Å². The van der Waals surface area contributed by atoms with Crippen molar-refractivity contribution < 1.29 is 9.53 Å². The maximum atomic E-state index is 12.9. The van der Waals surface area contributed by atoms with Gasteiger partial charge in [0, 0.05) is 43.3 Å². The van der Waals surface area contributed by atoms with Crippen LogP contribution in [-0.4, -0.2) is 38.7 Å². The second-order valence-corrected chi connectivity index (χ2v) is 6.33. The minimum atomic E-state index is 0.00201. The second kappa shape index (κ2) is 7.39. The predicted octanol–water partition coefficient (Wildman–Crippen LogP) is 3.55. The Balaban J connectivity index is 1.48. The molecule has 1 aromatic carbocycles. The molecule has 4 rings (SSSR count). The van der Waals surface area contributed by atoms with E-state index in [4.69, 9.17) is 4.74 Å². The Morgan fingerprint density at radius 3 is 2.81 bits per heavy atom. The summed E-state index contributed by atoms with van der Waals surface area (Å²) in [5.41, 5.74) is 0.590. The maximum absolute atomic E-state index is 12.9. The Labute approximate surface area is 152 Å². The first-order chi connectivity index (χ1) is 12.8. The van der Waals surface area contributed by atoms with Crippen LogP contribution in [0.15, 0.2) is 67.1 Å². The summed E-state index contributed by atoms with van der Waals surface area (Å²) < 4.78 is 7.68. The SMILES string of the molecule is O=C(c1ccnc(Oc2ccccc2)c1)N1CCC[C@@H](n2cccn2)C1. The number of hydrogen-bond donors (Lipinski definition) is 0. The summed E-state index contributed by atoms with van der Waals surface area (Å²) in [5.74, 6) is 1.12. The van der Waals surface area contributed by atoms with Gasteiger partial charge in [0.05, 0.1) is 6.04 Å². The molecule has 26 heavy (non-hydrogen) atoms. The fourth-order valence-corrected chi connectivity index (χ4v) is 3.24. The van der Waals surface area contributed by atoms with Crippen molar-refractivity contribution in [2.24, 2.45) is 0 Å². The van der Waals surface area contributed by atoms with Crippen LogP contribution in [0.25, 0.3) is 0 Å². The quantitative estimate of drug-likeness (QED) is 0.723. The van der Waals surface area contributed by atoms with Crippen molar-refractivity contribution in [3.63, 3.8) is 0 Å². The topological polar surface area (TPSA) is 60.2 Å². The van der Waals surface area contributed by atoms with Gasteiger partial charge in [-0.15, -0.1) is 0 Å². The molecular weight excluding hydrogens is 328 g/mol. The van der Waals surface area contributed by atoms with Crippen molar-refractivity contribution >= 4 is 5.91 Å². The molecule has 3 aromatic rings. The summed E-state index contributed by atoms with van der Waals surface area (Å²) in [5, 5.41) is 4.32. The van der Waals surface area contributed by atoms with E-state index in [9.17, 15) is 4.79 Å². The van der Waals surface area contributed by atoms with E-state index in [1.807, 2.05) is 52.2 Å². The molecule has 2 aromatic heterocycles. The van der Waals surface area contributed by atoms with E-state index in [0.717, 1.165) is 19.4 Å². The number of nitrogens with zero attached hydrogens (tertiary/aromatic N) is 4. The summed E-state index contributed by atoms with van der Waals surface area (Å²) in [6.45, 7) is 1.42. The van der Waals surface area contributed by atoms with Crippen molar-refractivity contribution in [2.75, 3.05) is 13.1 Å². The van der Waals surface area contributed by atoms with Gasteiger partial charge in [-0.25, -0.2) is 4.98 Å². The summed E-state index contributed by atoms with van der Waals surface area (Å²) in [6.07, 6.45) is 7.34. The van der Waals surface area contributed by atoms with Gasteiger partial charge in [0.25, 0.3) is 5.91 Å². The summed E-state index contributed by atoms with van der Waals surface area (Å²) >= 11 is 0. The number of amides is 1. The molecule has 0 unspecified atom stereocenters. The number of pyridine rings is 1. The van der Waals surface area contributed by atoms with Gasteiger partial charge in [-0.3, -0.25) is 9.48 Å². The van der Waals surface area contributed by atoms with Gasteiger partial charge >= 0.3 is 0 Å². The molecule has 3 heterocycles. The van der Waals surface area contributed by atoms with Gasteiger partial charge in [0.1, 0.15) is 5.75 Å². The Kier molecular flexibility index (Phi) is 4.64. The molecule has 1 aliphatic heterocycles. The minimum absolute atomic E-state index is 0.00201. The number of ether oxygens (including phenoxy) is 1. The summed E-state index contributed by atoms with van der Waals surface area (Å²) in [6, 6.07) is 15.0. The number of hydrogen-bond acceptors (Lipinski definition) is 4. The van der Waals surface area contributed by atoms with E-state index < -0.39 is 0 Å².